The Balaban J connectivity index is 2.28. The highest BCUT2D eigenvalue weighted by molar-refractivity contribution is 6.08. The zero-order chi connectivity index (χ0) is 15.4. The Bertz CT molecular complexity index is 662. The van der Waals surface area contributed by atoms with Crippen molar-refractivity contribution < 1.29 is 14.3 Å². The highest BCUT2D eigenvalue weighted by Gasteiger charge is 2.22. The molecule has 0 aliphatic rings. The third-order valence-electron chi connectivity index (χ3n) is 3.08. The number of ether oxygens (including phenoxy) is 1. The van der Waals surface area contributed by atoms with Crippen molar-refractivity contribution in [3.63, 3.8) is 0 Å². The SMILES string of the molecule is CCOC(=O)c1[nH]c(C)c(C(=O)Nc2ccncc2)c1C. The maximum Gasteiger partial charge on any atom is 0.355 e. The van der Waals surface area contributed by atoms with Gasteiger partial charge in [-0.2, -0.15) is 0 Å². The second-order valence-corrected chi connectivity index (χ2v) is 4.54. The molecule has 6 heteroatoms. The Morgan fingerprint density at radius 3 is 2.57 bits per heavy atom. The predicted molar refractivity (Wildman–Crippen MR) is 78.4 cm³/mol. The first-order chi connectivity index (χ1) is 10.0. The van der Waals surface area contributed by atoms with E-state index < -0.39 is 5.97 Å². The maximum absolute atomic E-state index is 12.3. The molecule has 0 atom stereocenters. The minimum absolute atomic E-state index is 0.275. The van der Waals surface area contributed by atoms with Crippen molar-refractivity contribution in [3.05, 3.63) is 47.0 Å². The van der Waals surface area contributed by atoms with Gasteiger partial charge in [0, 0.05) is 23.8 Å². The molecule has 0 radical (unpaired) electrons. The minimum Gasteiger partial charge on any atom is -0.461 e. The molecule has 0 unspecified atom stereocenters. The van der Waals surface area contributed by atoms with Gasteiger partial charge >= 0.3 is 5.97 Å². The summed E-state index contributed by atoms with van der Waals surface area (Å²) < 4.78 is 4.96. The van der Waals surface area contributed by atoms with E-state index >= 15 is 0 Å². The molecule has 2 aromatic rings. The number of pyridine rings is 1. The number of hydrogen-bond acceptors (Lipinski definition) is 4. The number of anilines is 1. The number of carbonyl (C=O) groups excluding carboxylic acids is 2. The van der Waals surface area contributed by atoms with Crippen LogP contribution < -0.4 is 5.32 Å². The Kier molecular flexibility index (Phi) is 4.37. The van der Waals surface area contributed by atoms with Crippen molar-refractivity contribution >= 4 is 17.6 Å². The number of nitrogens with one attached hydrogen (secondary N) is 2. The van der Waals surface area contributed by atoms with E-state index in [9.17, 15) is 9.59 Å². The molecule has 2 N–H and O–H groups in total. The van der Waals surface area contributed by atoms with E-state index in [2.05, 4.69) is 15.3 Å². The van der Waals surface area contributed by atoms with Crippen LogP contribution >= 0.6 is 0 Å². The lowest BCUT2D eigenvalue weighted by atomic mass is 10.1. The van der Waals surface area contributed by atoms with Gasteiger partial charge in [0.1, 0.15) is 5.69 Å². The quantitative estimate of drug-likeness (QED) is 0.846. The van der Waals surface area contributed by atoms with Crippen LogP contribution in [0.15, 0.2) is 24.5 Å². The first-order valence-electron chi connectivity index (χ1n) is 6.62. The average Bonchev–Trinajstić information content (AvgIpc) is 2.75. The predicted octanol–water partition coefficient (Wildman–Crippen LogP) is 2.46. The number of aromatic amines is 1. The summed E-state index contributed by atoms with van der Waals surface area (Å²) in [5.74, 6) is -0.732. The van der Waals surface area contributed by atoms with Gasteiger partial charge < -0.3 is 15.0 Å². The molecular weight excluding hydrogens is 270 g/mol. The van der Waals surface area contributed by atoms with Crippen LogP contribution in [0.3, 0.4) is 0 Å². The summed E-state index contributed by atoms with van der Waals surface area (Å²) in [5.41, 5.74) is 2.62. The smallest absolute Gasteiger partial charge is 0.355 e. The van der Waals surface area contributed by atoms with E-state index in [-0.39, 0.29) is 12.5 Å². The van der Waals surface area contributed by atoms with E-state index in [4.69, 9.17) is 4.74 Å². The summed E-state index contributed by atoms with van der Waals surface area (Å²) in [4.78, 5) is 31.0. The van der Waals surface area contributed by atoms with Gasteiger partial charge in [-0.1, -0.05) is 0 Å². The minimum atomic E-state index is -0.457. The molecular formula is C15H17N3O3. The molecule has 0 aliphatic carbocycles. The standard InChI is InChI=1S/C15H17N3O3/c1-4-21-15(20)13-9(2)12(10(3)17-13)14(19)18-11-5-7-16-8-6-11/h5-8,17H,4H2,1-3H3,(H,16,18,19). The van der Waals surface area contributed by atoms with Gasteiger partial charge in [0.2, 0.25) is 0 Å². The van der Waals surface area contributed by atoms with Gasteiger partial charge in [-0.05, 0) is 38.5 Å². The molecule has 1 amide bonds. The van der Waals surface area contributed by atoms with Crippen LogP contribution in [0.2, 0.25) is 0 Å². The van der Waals surface area contributed by atoms with E-state index in [1.54, 1.807) is 45.3 Å². The molecule has 2 aromatic heterocycles. The fraction of sp³-hybridized carbons (Fsp3) is 0.267. The lowest BCUT2D eigenvalue weighted by Crippen LogP contribution is -2.14. The molecule has 0 bridgehead atoms. The van der Waals surface area contributed by atoms with E-state index in [1.165, 1.54) is 0 Å². The van der Waals surface area contributed by atoms with Gasteiger partial charge in [0.25, 0.3) is 5.91 Å². The summed E-state index contributed by atoms with van der Waals surface area (Å²) in [6.45, 7) is 5.49. The second-order valence-electron chi connectivity index (χ2n) is 4.54. The summed E-state index contributed by atoms with van der Waals surface area (Å²) in [7, 11) is 0. The monoisotopic (exact) mass is 287 g/mol. The largest absolute Gasteiger partial charge is 0.461 e. The topological polar surface area (TPSA) is 84.1 Å². The fourth-order valence-electron chi connectivity index (χ4n) is 2.13. The lowest BCUT2D eigenvalue weighted by molar-refractivity contribution is 0.0519. The number of amides is 1. The van der Waals surface area contributed by atoms with Crippen molar-refractivity contribution in [1.82, 2.24) is 9.97 Å². The molecule has 0 fully saturated rings. The van der Waals surface area contributed by atoms with Crippen LogP contribution in [0, 0.1) is 13.8 Å². The number of H-pyrrole nitrogens is 1. The number of aryl methyl sites for hydroxylation is 1. The maximum atomic E-state index is 12.3. The molecule has 2 rings (SSSR count). The average molecular weight is 287 g/mol. The Morgan fingerprint density at radius 2 is 1.95 bits per heavy atom. The Morgan fingerprint density at radius 1 is 1.29 bits per heavy atom. The normalized spacial score (nSPS) is 10.2. The Labute approximate surface area is 122 Å². The summed E-state index contributed by atoms with van der Waals surface area (Å²) in [6, 6.07) is 3.39. The highest BCUT2D eigenvalue weighted by Crippen LogP contribution is 2.20. The number of aromatic nitrogens is 2. The molecule has 21 heavy (non-hydrogen) atoms. The summed E-state index contributed by atoms with van der Waals surface area (Å²) in [6.07, 6.45) is 3.19. The van der Waals surface area contributed by atoms with Crippen molar-refractivity contribution in [2.24, 2.45) is 0 Å². The van der Waals surface area contributed by atoms with Crippen LogP contribution in [0.4, 0.5) is 5.69 Å². The van der Waals surface area contributed by atoms with Crippen LogP contribution in [-0.2, 0) is 4.74 Å². The van der Waals surface area contributed by atoms with Gasteiger partial charge in [-0.25, -0.2) is 4.79 Å². The summed E-state index contributed by atoms with van der Waals surface area (Å²) in [5, 5.41) is 2.77. The zero-order valence-electron chi connectivity index (χ0n) is 12.2. The van der Waals surface area contributed by atoms with Crippen LogP contribution in [-0.4, -0.2) is 28.5 Å². The number of rotatable bonds is 4. The van der Waals surface area contributed by atoms with Crippen molar-refractivity contribution in [2.75, 3.05) is 11.9 Å². The first kappa shape index (κ1) is 14.8. The third-order valence-corrected chi connectivity index (χ3v) is 3.08. The number of nitrogens with zero attached hydrogens (tertiary/aromatic N) is 1. The Hall–Kier alpha value is -2.63. The second kappa shape index (κ2) is 6.21. The van der Waals surface area contributed by atoms with Crippen molar-refractivity contribution in [1.29, 1.82) is 0 Å². The third kappa shape index (κ3) is 3.10. The molecule has 0 aliphatic heterocycles. The van der Waals surface area contributed by atoms with E-state index in [0.29, 0.717) is 28.2 Å². The van der Waals surface area contributed by atoms with Gasteiger partial charge in [0.15, 0.2) is 0 Å². The van der Waals surface area contributed by atoms with Crippen molar-refractivity contribution in [3.8, 4) is 0 Å². The summed E-state index contributed by atoms with van der Waals surface area (Å²) >= 11 is 0. The molecule has 2 heterocycles. The fourth-order valence-corrected chi connectivity index (χ4v) is 2.13. The molecule has 0 saturated heterocycles. The number of carbonyl (C=O) groups is 2. The van der Waals surface area contributed by atoms with E-state index in [0.717, 1.165) is 0 Å². The van der Waals surface area contributed by atoms with Gasteiger partial charge in [-0.3, -0.25) is 9.78 Å². The van der Waals surface area contributed by atoms with Gasteiger partial charge in [0.05, 0.1) is 12.2 Å². The number of esters is 1. The van der Waals surface area contributed by atoms with Crippen LogP contribution in [0.5, 0.6) is 0 Å². The first-order valence-corrected chi connectivity index (χ1v) is 6.62. The molecule has 6 nitrogen and oxygen atoms in total. The van der Waals surface area contributed by atoms with Crippen LogP contribution in [0.1, 0.15) is 39.0 Å². The van der Waals surface area contributed by atoms with Crippen LogP contribution in [0.25, 0.3) is 0 Å². The molecule has 0 saturated carbocycles. The number of hydrogen-bond donors (Lipinski definition) is 2. The zero-order valence-corrected chi connectivity index (χ0v) is 12.2. The lowest BCUT2D eigenvalue weighted by Gasteiger charge is -2.05. The highest BCUT2D eigenvalue weighted by atomic mass is 16.5. The van der Waals surface area contributed by atoms with Crippen molar-refractivity contribution in [2.45, 2.75) is 20.8 Å². The van der Waals surface area contributed by atoms with E-state index in [1.807, 2.05) is 0 Å². The molecule has 110 valence electrons. The molecule has 0 aromatic carbocycles. The molecule has 0 spiro atoms. The van der Waals surface area contributed by atoms with Gasteiger partial charge in [-0.15, -0.1) is 0 Å².